The number of hydrogen-bond donors (Lipinski definition) is 1. The lowest BCUT2D eigenvalue weighted by Gasteiger charge is -2.19. The Hall–Kier alpha value is -3.07. The lowest BCUT2D eigenvalue weighted by Crippen LogP contribution is -2.28. The van der Waals surface area contributed by atoms with Crippen LogP contribution >= 0.6 is 11.3 Å². The van der Waals surface area contributed by atoms with Gasteiger partial charge in [0.2, 0.25) is 0 Å². The van der Waals surface area contributed by atoms with Crippen LogP contribution in [0.5, 0.6) is 0 Å². The number of nitrogens with zero attached hydrogens (tertiary/aromatic N) is 4. The minimum atomic E-state index is -0.185. The second kappa shape index (κ2) is 7.51. The van der Waals surface area contributed by atoms with Gasteiger partial charge in [0.25, 0.3) is 17.2 Å². The smallest absolute Gasteiger partial charge is 0.268 e. The van der Waals surface area contributed by atoms with Crippen LogP contribution in [0.25, 0.3) is 21.3 Å². The minimum absolute atomic E-state index is 0.0233. The van der Waals surface area contributed by atoms with E-state index in [0.717, 1.165) is 24.2 Å². The molecule has 4 heterocycles. The molecule has 1 saturated carbocycles. The minimum Gasteiger partial charge on any atom is -0.336 e. The number of nitrogens with one attached hydrogen (secondary N) is 1. The van der Waals surface area contributed by atoms with Crippen LogP contribution in [0.3, 0.4) is 0 Å². The maximum absolute atomic E-state index is 13.6. The number of hydrogen-bond acceptors (Lipinski definition) is 7. The maximum atomic E-state index is 13.6. The predicted molar refractivity (Wildman–Crippen MR) is 123 cm³/mol. The van der Waals surface area contributed by atoms with Crippen molar-refractivity contribution in [3.8, 4) is 0 Å². The van der Waals surface area contributed by atoms with Gasteiger partial charge in [-0.1, -0.05) is 25.9 Å². The molecule has 1 aliphatic rings. The van der Waals surface area contributed by atoms with Gasteiger partial charge in [-0.25, -0.2) is 9.97 Å². The Morgan fingerprint density at radius 3 is 2.81 bits per heavy atom. The summed E-state index contributed by atoms with van der Waals surface area (Å²) in [7, 11) is 1.71. The summed E-state index contributed by atoms with van der Waals surface area (Å²) in [6, 6.07) is 3.70. The first-order chi connectivity index (χ1) is 15.2. The number of pyridine rings is 1. The number of carbonyl (C=O) groups is 1. The summed E-state index contributed by atoms with van der Waals surface area (Å²) in [5.41, 5.74) is 3.00. The van der Waals surface area contributed by atoms with E-state index >= 15 is 0 Å². The van der Waals surface area contributed by atoms with Crippen LogP contribution in [0.1, 0.15) is 67.1 Å². The van der Waals surface area contributed by atoms with Crippen LogP contribution in [-0.4, -0.2) is 38.0 Å². The Morgan fingerprint density at radius 1 is 1.31 bits per heavy atom. The highest BCUT2D eigenvalue weighted by molar-refractivity contribution is 7.17. The second-order valence-electron chi connectivity index (χ2n) is 9.72. The summed E-state index contributed by atoms with van der Waals surface area (Å²) in [5.74, 6) is 0.641. The number of fused-ring (bicyclic) bond motifs is 2. The number of H-pyrrole nitrogens is 1. The van der Waals surface area contributed by atoms with Crippen LogP contribution in [0, 0.1) is 5.41 Å². The Morgan fingerprint density at radius 2 is 2.09 bits per heavy atom. The van der Waals surface area contributed by atoms with Crippen molar-refractivity contribution in [3.05, 3.63) is 50.6 Å². The summed E-state index contributed by atoms with van der Waals surface area (Å²) >= 11 is 1.35. The Labute approximate surface area is 188 Å². The zero-order valence-corrected chi connectivity index (χ0v) is 19.4. The first-order valence-electron chi connectivity index (χ1n) is 10.7. The molecular formula is C23H25N5O3S. The van der Waals surface area contributed by atoms with Crippen molar-refractivity contribution >= 4 is 38.6 Å². The fourth-order valence-corrected chi connectivity index (χ4v) is 4.63. The SMILES string of the molecule is CN(Cc1nc2ccsc2c(=O)[nH]1)C(=O)c1cc(C2CC2)nc2onc(CC(C)(C)C)c12. The number of aromatic amines is 1. The van der Waals surface area contributed by atoms with Gasteiger partial charge in [-0.2, -0.15) is 0 Å². The summed E-state index contributed by atoms with van der Waals surface area (Å²) in [5, 5.41) is 6.77. The molecule has 32 heavy (non-hydrogen) atoms. The normalized spacial score (nSPS) is 14.4. The van der Waals surface area contributed by atoms with E-state index in [0.29, 0.717) is 45.0 Å². The van der Waals surface area contributed by atoms with Crippen LogP contribution in [0.15, 0.2) is 26.8 Å². The van der Waals surface area contributed by atoms with Crippen LogP contribution in [0.2, 0.25) is 0 Å². The van der Waals surface area contributed by atoms with Gasteiger partial charge < -0.3 is 14.4 Å². The third-order valence-corrected chi connectivity index (χ3v) is 6.46. The average Bonchev–Trinajstić information content (AvgIpc) is 3.34. The zero-order valence-electron chi connectivity index (χ0n) is 18.6. The van der Waals surface area contributed by atoms with Gasteiger partial charge in [-0.3, -0.25) is 9.59 Å². The topological polar surface area (TPSA) is 105 Å². The number of rotatable bonds is 5. The van der Waals surface area contributed by atoms with Crippen LogP contribution < -0.4 is 5.56 Å². The fraction of sp³-hybridized carbons (Fsp3) is 0.435. The zero-order chi connectivity index (χ0) is 22.6. The number of amides is 1. The van der Waals surface area contributed by atoms with Crippen molar-refractivity contribution in [1.29, 1.82) is 0 Å². The molecule has 1 amide bonds. The van der Waals surface area contributed by atoms with Crippen molar-refractivity contribution in [1.82, 2.24) is 25.0 Å². The second-order valence-corrected chi connectivity index (χ2v) is 10.6. The van der Waals surface area contributed by atoms with E-state index in [-0.39, 0.29) is 23.4 Å². The molecule has 4 aromatic rings. The highest BCUT2D eigenvalue weighted by Gasteiger charge is 2.30. The monoisotopic (exact) mass is 451 g/mol. The van der Waals surface area contributed by atoms with Crippen molar-refractivity contribution < 1.29 is 9.32 Å². The third-order valence-electron chi connectivity index (χ3n) is 5.56. The average molecular weight is 452 g/mol. The molecule has 1 aliphatic carbocycles. The van der Waals surface area contributed by atoms with E-state index in [4.69, 9.17) is 4.52 Å². The fourth-order valence-electron chi connectivity index (χ4n) is 3.91. The van der Waals surface area contributed by atoms with Crippen molar-refractivity contribution in [2.45, 2.75) is 52.5 Å². The van der Waals surface area contributed by atoms with E-state index in [1.807, 2.05) is 17.5 Å². The highest BCUT2D eigenvalue weighted by Crippen LogP contribution is 2.41. The molecule has 166 valence electrons. The standard InChI is InChI=1S/C23H25N5O3S/c1-23(2,3)10-16-18-13(9-15(12-5-6-12)25-21(18)31-27-16)22(30)28(4)11-17-24-14-7-8-32-19(14)20(29)26-17/h7-9,12H,5-6,10-11H2,1-4H3,(H,24,26,29). The van der Waals surface area contributed by atoms with Crippen molar-refractivity contribution in [2.75, 3.05) is 7.05 Å². The summed E-state index contributed by atoms with van der Waals surface area (Å²) in [6.45, 7) is 6.55. The lowest BCUT2D eigenvalue weighted by molar-refractivity contribution is 0.0783. The Bertz CT molecular complexity index is 1390. The van der Waals surface area contributed by atoms with E-state index in [1.165, 1.54) is 11.3 Å². The molecule has 0 aromatic carbocycles. The number of aromatic nitrogens is 4. The quantitative estimate of drug-likeness (QED) is 0.486. The van der Waals surface area contributed by atoms with E-state index in [1.54, 1.807) is 11.9 Å². The Kier molecular flexibility index (Phi) is 4.88. The van der Waals surface area contributed by atoms with Gasteiger partial charge in [-0.05, 0) is 42.2 Å². The van der Waals surface area contributed by atoms with E-state index in [9.17, 15) is 9.59 Å². The first-order valence-corrected chi connectivity index (χ1v) is 11.6. The van der Waals surface area contributed by atoms with Crippen molar-refractivity contribution in [2.24, 2.45) is 5.41 Å². The molecule has 0 unspecified atom stereocenters. The summed E-state index contributed by atoms with van der Waals surface area (Å²) in [4.78, 5) is 39.4. The molecule has 1 N–H and O–H groups in total. The molecule has 8 nitrogen and oxygen atoms in total. The predicted octanol–water partition coefficient (Wildman–Crippen LogP) is 4.26. The van der Waals surface area contributed by atoms with Crippen LogP contribution in [-0.2, 0) is 13.0 Å². The highest BCUT2D eigenvalue weighted by atomic mass is 32.1. The summed E-state index contributed by atoms with van der Waals surface area (Å²) < 4.78 is 6.15. The molecular weight excluding hydrogens is 426 g/mol. The van der Waals surface area contributed by atoms with Crippen molar-refractivity contribution in [3.63, 3.8) is 0 Å². The van der Waals surface area contributed by atoms with E-state index in [2.05, 4.69) is 40.9 Å². The lowest BCUT2D eigenvalue weighted by atomic mass is 9.89. The first kappa shape index (κ1) is 20.8. The molecule has 4 aromatic heterocycles. The Balaban J connectivity index is 1.53. The van der Waals surface area contributed by atoms with Gasteiger partial charge in [0, 0.05) is 18.7 Å². The molecule has 0 saturated heterocycles. The maximum Gasteiger partial charge on any atom is 0.268 e. The molecule has 0 spiro atoms. The number of carbonyl (C=O) groups excluding carboxylic acids is 1. The van der Waals surface area contributed by atoms with Gasteiger partial charge >= 0.3 is 0 Å². The summed E-state index contributed by atoms with van der Waals surface area (Å²) in [6.07, 6.45) is 2.80. The van der Waals surface area contributed by atoms with Gasteiger partial charge in [-0.15, -0.1) is 11.3 Å². The van der Waals surface area contributed by atoms with Gasteiger partial charge in [0.05, 0.1) is 28.7 Å². The van der Waals surface area contributed by atoms with E-state index < -0.39 is 0 Å². The number of thiophene rings is 1. The van der Waals surface area contributed by atoms with Gasteiger partial charge in [0.15, 0.2) is 0 Å². The molecule has 0 bridgehead atoms. The molecule has 0 aliphatic heterocycles. The molecule has 0 radical (unpaired) electrons. The third kappa shape index (κ3) is 3.92. The molecule has 0 atom stereocenters. The van der Waals surface area contributed by atoms with Gasteiger partial charge in [0.1, 0.15) is 10.5 Å². The molecule has 5 rings (SSSR count). The molecule has 9 heteroatoms. The molecule has 1 fully saturated rings. The largest absolute Gasteiger partial charge is 0.336 e. The van der Waals surface area contributed by atoms with Crippen LogP contribution in [0.4, 0.5) is 0 Å².